The first-order valence-corrected chi connectivity index (χ1v) is 21.4. The molecule has 0 aliphatic carbocycles. The molecule has 4 aromatic rings. The third-order valence-corrected chi connectivity index (χ3v) is 14.5. The van der Waals surface area contributed by atoms with Gasteiger partial charge in [0.2, 0.25) is 11.8 Å². The maximum Gasteiger partial charge on any atom is 0.407 e. The summed E-state index contributed by atoms with van der Waals surface area (Å²) in [7, 11) is 2.59. The highest BCUT2D eigenvalue weighted by Gasteiger charge is 2.51. The fourth-order valence-corrected chi connectivity index (χ4v) is 11.2. The summed E-state index contributed by atoms with van der Waals surface area (Å²) in [5.74, 6) is 3.17. The zero-order valence-corrected chi connectivity index (χ0v) is 34.5. The molecule has 3 saturated heterocycles. The standard InChI is InChI=1S/C41H50N8O6S2/c1-6-29(46-39(52)54-4)37(50)49-23-41(56-18-19-57-41)20-33(49)36-43-22-31(45-36)28-15-11-26(12-16-28)25-9-13-27(14-10-25)30-21-42-35(44-30)32-8-7-17-48(32)38(51)34(24(2)3)47-40(53)55-5/h9-16,21-22,24,29,32-34H,6-8,17-20,23H2,1-5H3,(H,42,44)(H,43,45)(H,46,52)(H,47,53)/t29-,32-,33-,34-/m0/s1. The molecule has 5 heterocycles. The number of hydrogen-bond acceptors (Lipinski definition) is 10. The molecule has 7 rings (SSSR count). The Morgan fingerprint density at radius 1 is 0.789 bits per heavy atom. The van der Waals surface area contributed by atoms with E-state index < -0.39 is 24.3 Å². The second-order valence-corrected chi connectivity index (χ2v) is 18.2. The van der Waals surface area contributed by atoms with Gasteiger partial charge in [-0.15, -0.1) is 23.5 Å². The maximum atomic E-state index is 13.8. The van der Waals surface area contributed by atoms with Crippen molar-refractivity contribution in [3.8, 4) is 33.6 Å². The minimum absolute atomic E-state index is 0.0890. The molecule has 1 spiro atoms. The monoisotopic (exact) mass is 814 g/mol. The second kappa shape index (κ2) is 17.3. The van der Waals surface area contributed by atoms with E-state index in [1.807, 2.05) is 60.3 Å². The van der Waals surface area contributed by atoms with Gasteiger partial charge < -0.3 is 39.9 Å². The number of aromatic amines is 2. The van der Waals surface area contributed by atoms with E-state index in [4.69, 9.17) is 14.5 Å². The molecule has 16 heteroatoms. The lowest BCUT2D eigenvalue weighted by Crippen LogP contribution is -2.51. The van der Waals surface area contributed by atoms with Crippen molar-refractivity contribution in [2.45, 2.75) is 74.7 Å². The first-order chi connectivity index (χ1) is 27.5. The minimum Gasteiger partial charge on any atom is -0.453 e. The molecule has 3 aliphatic rings. The van der Waals surface area contributed by atoms with Gasteiger partial charge in [0.1, 0.15) is 23.7 Å². The predicted octanol–water partition coefficient (Wildman–Crippen LogP) is 6.76. The van der Waals surface area contributed by atoms with Crippen LogP contribution < -0.4 is 10.6 Å². The van der Waals surface area contributed by atoms with Gasteiger partial charge in [0.15, 0.2) is 0 Å². The van der Waals surface area contributed by atoms with Crippen molar-refractivity contribution in [3.63, 3.8) is 0 Å². The van der Waals surface area contributed by atoms with Crippen LogP contribution in [0.4, 0.5) is 9.59 Å². The molecule has 0 saturated carbocycles. The Balaban J connectivity index is 1.02. The van der Waals surface area contributed by atoms with E-state index in [9.17, 15) is 19.2 Å². The number of carbonyl (C=O) groups excluding carboxylic acids is 4. The summed E-state index contributed by atoms with van der Waals surface area (Å²) in [6, 6.07) is 14.8. The molecule has 302 valence electrons. The van der Waals surface area contributed by atoms with E-state index in [0.29, 0.717) is 19.5 Å². The molecule has 4 amide bonds. The number of H-pyrrole nitrogens is 2. The van der Waals surface area contributed by atoms with Crippen LogP contribution in [0.2, 0.25) is 0 Å². The molecule has 0 bridgehead atoms. The van der Waals surface area contributed by atoms with Crippen molar-refractivity contribution >= 4 is 47.5 Å². The Kier molecular flexibility index (Phi) is 12.2. The van der Waals surface area contributed by atoms with Crippen LogP contribution in [0.15, 0.2) is 60.9 Å². The number of methoxy groups -OCH3 is 2. The molecule has 57 heavy (non-hydrogen) atoms. The summed E-state index contributed by atoms with van der Waals surface area (Å²) in [4.78, 5) is 71.5. The molecule has 3 fully saturated rings. The van der Waals surface area contributed by atoms with Gasteiger partial charge in [0.05, 0.1) is 54.2 Å². The fraction of sp³-hybridized carbons (Fsp3) is 0.463. The average molecular weight is 815 g/mol. The first-order valence-electron chi connectivity index (χ1n) is 19.4. The number of nitrogens with zero attached hydrogens (tertiary/aromatic N) is 4. The highest BCUT2D eigenvalue weighted by Crippen LogP contribution is 2.55. The molecule has 4 N–H and O–H groups in total. The number of nitrogens with one attached hydrogen (secondary N) is 4. The Hall–Kier alpha value is -4.96. The van der Waals surface area contributed by atoms with Gasteiger partial charge in [-0.3, -0.25) is 9.59 Å². The van der Waals surface area contributed by atoms with Gasteiger partial charge in [-0.25, -0.2) is 19.6 Å². The summed E-state index contributed by atoms with van der Waals surface area (Å²) in [6.07, 6.45) is 5.25. The lowest BCUT2D eigenvalue weighted by atomic mass is 10.0. The van der Waals surface area contributed by atoms with Crippen LogP contribution in [0, 0.1) is 5.92 Å². The van der Waals surface area contributed by atoms with Crippen LogP contribution in [0.25, 0.3) is 33.6 Å². The van der Waals surface area contributed by atoms with Crippen molar-refractivity contribution in [1.82, 2.24) is 40.4 Å². The van der Waals surface area contributed by atoms with Crippen LogP contribution in [0.5, 0.6) is 0 Å². The van der Waals surface area contributed by atoms with Gasteiger partial charge in [-0.2, -0.15) is 0 Å². The molecule has 0 unspecified atom stereocenters. The highest BCUT2D eigenvalue weighted by atomic mass is 32.2. The van der Waals surface area contributed by atoms with Gasteiger partial charge in [0.25, 0.3) is 0 Å². The zero-order chi connectivity index (χ0) is 40.3. The van der Waals surface area contributed by atoms with Crippen molar-refractivity contribution < 1.29 is 28.7 Å². The highest BCUT2D eigenvalue weighted by molar-refractivity contribution is 8.21. The number of benzene rings is 2. The van der Waals surface area contributed by atoms with Gasteiger partial charge in [0, 0.05) is 31.0 Å². The van der Waals surface area contributed by atoms with E-state index >= 15 is 0 Å². The lowest BCUT2D eigenvalue weighted by Gasteiger charge is -2.30. The number of likely N-dealkylation sites (tertiary alicyclic amines) is 2. The topological polar surface area (TPSA) is 175 Å². The first kappa shape index (κ1) is 40.2. The van der Waals surface area contributed by atoms with Crippen molar-refractivity contribution in [2.24, 2.45) is 5.92 Å². The van der Waals surface area contributed by atoms with Crippen molar-refractivity contribution in [1.29, 1.82) is 0 Å². The van der Waals surface area contributed by atoms with Crippen LogP contribution in [-0.2, 0) is 19.1 Å². The second-order valence-electron chi connectivity index (χ2n) is 15.0. The van der Waals surface area contributed by atoms with E-state index in [1.54, 1.807) is 6.20 Å². The summed E-state index contributed by atoms with van der Waals surface area (Å²) in [6.45, 7) is 6.87. The Labute approximate surface area is 341 Å². The number of amides is 4. The summed E-state index contributed by atoms with van der Waals surface area (Å²) in [5.41, 5.74) is 5.80. The van der Waals surface area contributed by atoms with E-state index in [2.05, 4.69) is 74.1 Å². The fourth-order valence-electron chi connectivity index (χ4n) is 7.94. The lowest BCUT2D eigenvalue weighted by molar-refractivity contribution is -0.135. The molecule has 14 nitrogen and oxygen atoms in total. The number of ether oxygens (including phenoxy) is 2. The molecular formula is C41H50N8O6S2. The normalized spacial score (nSPS) is 19.8. The largest absolute Gasteiger partial charge is 0.453 e. The Bertz CT molecular complexity index is 2060. The van der Waals surface area contributed by atoms with Crippen LogP contribution in [0.3, 0.4) is 0 Å². The summed E-state index contributed by atoms with van der Waals surface area (Å²) in [5, 5.41) is 5.40. The third-order valence-electron chi connectivity index (χ3n) is 11.0. The van der Waals surface area contributed by atoms with Gasteiger partial charge in [-0.05, 0) is 47.4 Å². The summed E-state index contributed by atoms with van der Waals surface area (Å²) < 4.78 is 9.46. The van der Waals surface area contributed by atoms with Crippen LogP contribution in [0.1, 0.15) is 70.2 Å². The smallest absolute Gasteiger partial charge is 0.407 e. The van der Waals surface area contributed by atoms with Crippen molar-refractivity contribution in [3.05, 3.63) is 72.6 Å². The van der Waals surface area contributed by atoms with Gasteiger partial charge in [-0.1, -0.05) is 69.3 Å². The maximum absolute atomic E-state index is 13.8. The number of aromatic nitrogens is 4. The average Bonchev–Trinajstić information content (AvgIpc) is 4.09. The third kappa shape index (κ3) is 8.52. The molecule has 2 aromatic carbocycles. The Morgan fingerprint density at radius 3 is 1.84 bits per heavy atom. The van der Waals surface area contributed by atoms with E-state index in [1.165, 1.54) is 14.2 Å². The quantitative estimate of drug-likeness (QED) is 0.127. The minimum atomic E-state index is -0.688. The van der Waals surface area contributed by atoms with Crippen LogP contribution in [-0.4, -0.2) is 109 Å². The molecule has 0 radical (unpaired) electrons. The van der Waals surface area contributed by atoms with E-state index in [-0.39, 0.29) is 33.9 Å². The SMILES string of the molecule is CC[C@H](NC(=O)OC)C(=O)N1CC2(C[C@H]1c1ncc(-c3ccc(-c4ccc(-c5cnc([C@@H]6CCCN6C(=O)[C@@H](NC(=O)OC)C(C)C)[nH]5)cc4)cc3)[nH]1)SCCS2. The number of rotatable bonds is 11. The molecule has 2 aromatic heterocycles. The molecule has 4 atom stereocenters. The number of hydrogen-bond donors (Lipinski definition) is 4. The zero-order valence-electron chi connectivity index (χ0n) is 32.9. The van der Waals surface area contributed by atoms with Gasteiger partial charge >= 0.3 is 12.2 Å². The Morgan fingerprint density at radius 2 is 1.32 bits per heavy atom. The molecular weight excluding hydrogens is 765 g/mol. The number of thioether (sulfide) groups is 2. The van der Waals surface area contributed by atoms with E-state index in [0.717, 1.165) is 76.1 Å². The summed E-state index contributed by atoms with van der Waals surface area (Å²) >= 11 is 3.81. The predicted molar refractivity (Wildman–Crippen MR) is 221 cm³/mol. The number of alkyl carbamates (subject to hydrolysis) is 2. The van der Waals surface area contributed by atoms with Crippen molar-refractivity contribution in [2.75, 3.05) is 38.8 Å². The molecule has 3 aliphatic heterocycles. The number of imidazole rings is 2. The van der Waals surface area contributed by atoms with Crippen LogP contribution >= 0.6 is 23.5 Å². The number of carbonyl (C=O) groups is 4.